The van der Waals surface area contributed by atoms with Crippen molar-refractivity contribution in [2.45, 2.75) is 45.9 Å². The van der Waals surface area contributed by atoms with Crippen molar-refractivity contribution in [2.75, 3.05) is 6.54 Å². The van der Waals surface area contributed by atoms with Crippen LogP contribution in [0.4, 0.5) is 4.79 Å². The van der Waals surface area contributed by atoms with Gasteiger partial charge in [0.1, 0.15) is 10.2 Å². The Morgan fingerprint density at radius 2 is 2.11 bits per heavy atom. The van der Waals surface area contributed by atoms with Gasteiger partial charge in [-0.1, -0.05) is 0 Å². The lowest BCUT2D eigenvalue weighted by Gasteiger charge is -2.35. The summed E-state index contributed by atoms with van der Waals surface area (Å²) < 4.78 is 9.30. The molecule has 1 aromatic heterocycles. The zero-order valence-electron chi connectivity index (χ0n) is 11.4. The third-order valence-corrected chi connectivity index (χ3v) is 5.30. The minimum absolute atomic E-state index is 0.0331. The Morgan fingerprint density at radius 1 is 1.47 bits per heavy atom. The standard InChI is InChI=1S/C12H17BrIN3O2/c1-7-9-8(14)10(13)15-17(9)6-5-16(7)11(18)19-12(2,3)4/h7H,5-6H2,1-4H3. The molecule has 1 atom stereocenters. The van der Waals surface area contributed by atoms with Crippen LogP contribution >= 0.6 is 38.5 Å². The fourth-order valence-corrected chi connectivity index (χ4v) is 3.34. The van der Waals surface area contributed by atoms with E-state index in [4.69, 9.17) is 4.74 Å². The van der Waals surface area contributed by atoms with Crippen molar-refractivity contribution >= 4 is 44.6 Å². The third kappa shape index (κ3) is 3.07. The molecular weight excluding hydrogens is 425 g/mol. The van der Waals surface area contributed by atoms with E-state index in [0.29, 0.717) is 13.1 Å². The van der Waals surface area contributed by atoms with Gasteiger partial charge in [0.25, 0.3) is 0 Å². The maximum atomic E-state index is 12.2. The van der Waals surface area contributed by atoms with Gasteiger partial charge in [-0.25, -0.2) is 4.79 Å². The largest absolute Gasteiger partial charge is 0.444 e. The lowest BCUT2D eigenvalue weighted by Crippen LogP contribution is -2.44. The highest BCUT2D eigenvalue weighted by Gasteiger charge is 2.34. The lowest BCUT2D eigenvalue weighted by atomic mass is 10.1. The second kappa shape index (κ2) is 5.23. The number of fused-ring (bicyclic) bond motifs is 1. The number of carbonyl (C=O) groups excluding carboxylic acids is 1. The molecule has 0 saturated carbocycles. The summed E-state index contributed by atoms with van der Waals surface area (Å²) in [5, 5.41) is 4.42. The Labute approximate surface area is 134 Å². The molecule has 0 bridgehead atoms. The summed E-state index contributed by atoms with van der Waals surface area (Å²) in [6.07, 6.45) is -0.264. The Bertz CT molecular complexity index is 510. The highest BCUT2D eigenvalue weighted by atomic mass is 127. The average Bonchev–Trinajstić information content (AvgIpc) is 2.53. The van der Waals surface area contributed by atoms with Gasteiger partial charge in [0, 0.05) is 6.54 Å². The number of aromatic nitrogens is 2. The lowest BCUT2D eigenvalue weighted by molar-refractivity contribution is 0.0119. The zero-order valence-corrected chi connectivity index (χ0v) is 15.1. The van der Waals surface area contributed by atoms with Crippen molar-refractivity contribution in [1.29, 1.82) is 0 Å². The minimum Gasteiger partial charge on any atom is -0.444 e. The van der Waals surface area contributed by atoms with Gasteiger partial charge < -0.3 is 4.74 Å². The van der Waals surface area contributed by atoms with Crippen molar-refractivity contribution in [1.82, 2.24) is 14.7 Å². The maximum Gasteiger partial charge on any atom is 0.410 e. The summed E-state index contributed by atoms with van der Waals surface area (Å²) >= 11 is 5.69. The molecule has 2 rings (SSSR count). The molecule has 0 spiro atoms. The van der Waals surface area contributed by atoms with Crippen molar-refractivity contribution in [3.05, 3.63) is 13.9 Å². The summed E-state index contributed by atoms with van der Waals surface area (Å²) in [5.41, 5.74) is 0.590. The first kappa shape index (κ1) is 15.1. The topological polar surface area (TPSA) is 47.4 Å². The Morgan fingerprint density at radius 3 is 2.68 bits per heavy atom. The van der Waals surface area contributed by atoms with E-state index in [1.807, 2.05) is 32.4 Å². The molecule has 1 aromatic rings. The monoisotopic (exact) mass is 441 g/mol. The number of rotatable bonds is 0. The van der Waals surface area contributed by atoms with Crippen molar-refractivity contribution in [3.63, 3.8) is 0 Å². The zero-order chi connectivity index (χ0) is 14.4. The first-order valence-electron chi connectivity index (χ1n) is 6.12. The molecule has 106 valence electrons. The van der Waals surface area contributed by atoms with E-state index in [1.54, 1.807) is 4.90 Å². The second-order valence-corrected chi connectivity index (χ2v) is 7.39. The van der Waals surface area contributed by atoms with E-state index in [0.717, 1.165) is 13.9 Å². The summed E-state index contributed by atoms with van der Waals surface area (Å²) in [6.45, 7) is 8.96. The van der Waals surface area contributed by atoms with Crippen LogP contribution in [0.2, 0.25) is 0 Å². The summed E-state index contributed by atoms with van der Waals surface area (Å²) in [6, 6.07) is -0.0331. The van der Waals surface area contributed by atoms with Gasteiger partial charge in [-0.3, -0.25) is 9.58 Å². The smallest absolute Gasteiger partial charge is 0.410 e. The van der Waals surface area contributed by atoms with Crippen LogP contribution in [-0.4, -0.2) is 32.9 Å². The number of nitrogens with zero attached hydrogens (tertiary/aromatic N) is 3. The molecule has 0 aromatic carbocycles. The molecule has 5 nitrogen and oxygen atoms in total. The predicted molar refractivity (Wildman–Crippen MR) is 84.0 cm³/mol. The number of hydrogen-bond donors (Lipinski definition) is 0. The highest BCUT2D eigenvalue weighted by Crippen LogP contribution is 2.33. The van der Waals surface area contributed by atoms with Gasteiger partial charge in [0.05, 0.1) is 21.9 Å². The van der Waals surface area contributed by atoms with Gasteiger partial charge in [0.15, 0.2) is 0 Å². The van der Waals surface area contributed by atoms with Crippen LogP contribution in [0.5, 0.6) is 0 Å². The Kier molecular flexibility index (Phi) is 4.15. The van der Waals surface area contributed by atoms with E-state index in [2.05, 4.69) is 43.6 Å². The van der Waals surface area contributed by atoms with Crippen molar-refractivity contribution in [2.24, 2.45) is 0 Å². The number of halogens is 2. The van der Waals surface area contributed by atoms with E-state index < -0.39 is 5.60 Å². The molecule has 1 unspecified atom stereocenters. The second-order valence-electron chi connectivity index (χ2n) is 5.56. The molecule has 0 radical (unpaired) electrons. The molecule has 1 amide bonds. The van der Waals surface area contributed by atoms with E-state index in [-0.39, 0.29) is 12.1 Å². The molecule has 0 fully saturated rings. The highest BCUT2D eigenvalue weighted by molar-refractivity contribution is 14.1. The molecule has 2 heterocycles. The molecular formula is C12H17BrIN3O2. The maximum absolute atomic E-state index is 12.2. The van der Waals surface area contributed by atoms with Gasteiger partial charge in [-0.15, -0.1) is 0 Å². The van der Waals surface area contributed by atoms with E-state index in [9.17, 15) is 4.79 Å². The van der Waals surface area contributed by atoms with E-state index in [1.165, 1.54) is 0 Å². The first-order chi connectivity index (χ1) is 8.70. The third-order valence-electron chi connectivity index (χ3n) is 2.94. The van der Waals surface area contributed by atoms with Crippen molar-refractivity contribution < 1.29 is 9.53 Å². The quantitative estimate of drug-likeness (QED) is 0.578. The molecule has 7 heteroatoms. The fourth-order valence-electron chi connectivity index (χ4n) is 2.11. The van der Waals surface area contributed by atoms with Gasteiger partial charge in [-0.2, -0.15) is 5.10 Å². The Hall–Kier alpha value is -0.310. The summed E-state index contributed by atoms with van der Waals surface area (Å²) in [4.78, 5) is 14.0. The number of ether oxygens (including phenoxy) is 1. The number of hydrogen-bond acceptors (Lipinski definition) is 3. The van der Waals surface area contributed by atoms with Crippen LogP contribution in [0.3, 0.4) is 0 Å². The van der Waals surface area contributed by atoms with Gasteiger partial charge >= 0.3 is 6.09 Å². The normalized spacial score (nSPS) is 19.3. The molecule has 0 aliphatic carbocycles. The van der Waals surface area contributed by atoms with E-state index >= 15 is 0 Å². The minimum atomic E-state index is -0.470. The van der Waals surface area contributed by atoms with Crippen LogP contribution in [0.15, 0.2) is 4.60 Å². The predicted octanol–water partition coefficient (Wildman–Crippen LogP) is 3.56. The molecule has 1 aliphatic rings. The molecule has 19 heavy (non-hydrogen) atoms. The summed E-state index contributed by atoms with van der Waals surface area (Å²) in [7, 11) is 0. The SMILES string of the molecule is CC1c2c(I)c(Br)nn2CCN1C(=O)OC(C)(C)C. The molecule has 0 N–H and O–H groups in total. The molecule has 1 aliphatic heterocycles. The molecule has 0 saturated heterocycles. The van der Waals surface area contributed by atoms with Crippen molar-refractivity contribution in [3.8, 4) is 0 Å². The average molecular weight is 442 g/mol. The number of amides is 1. The van der Waals surface area contributed by atoms with Crippen LogP contribution in [-0.2, 0) is 11.3 Å². The van der Waals surface area contributed by atoms with Crippen LogP contribution in [0.25, 0.3) is 0 Å². The first-order valence-corrected chi connectivity index (χ1v) is 7.99. The van der Waals surface area contributed by atoms with Crippen LogP contribution in [0, 0.1) is 3.57 Å². The van der Waals surface area contributed by atoms with Crippen LogP contribution < -0.4 is 0 Å². The number of carbonyl (C=O) groups is 1. The fraction of sp³-hybridized carbons (Fsp3) is 0.667. The van der Waals surface area contributed by atoms with Gasteiger partial charge in [0.2, 0.25) is 0 Å². The van der Waals surface area contributed by atoms with Crippen LogP contribution in [0.1, 0.15) is 39.4 Å². The summed E-state index contributed by atoms with van der Waals surface area (Å²) in [5.74, 6) is 0. The Balaban J connectivity index is 2.24. The van der Waals surface area contributed by atoms with Gasteiger partial charge in [-0.05, 0) is 66.2 Å².